The molecule has 0 unspecified atom stereocenters. The minimum Gasteiger partial charge on any atom is -0.343 e. The second-order valence-corrected chi connectivity index (χ2v) is 7.10. The molecule has 28 heavy (non-hydrogen) atoms. The Kier molecular flexibility index (Phi) is 5.18. The summed E-state index contributed by atoms with van der Waals surface area (Å²) < 4.78 is 3.48. The molecule has 146 valence electrons. The van der Waals surface area contributed by atoms with Gasteiger partial charge in [-0.3, -0.25) is 9.59 Å². The number of nitrogens with one attached hydrogen (secondary N) is 1. The van der Waals surface area contributed by atoms with Gasteiger partial charge in [-0.25, -0.2) is 4.68 Å². The maximum absolute atomic E-state index is 12.9. The molecule has 3 aromatic rings. The van der Waals surface area contributed by atoms with E-state index in [-0.39, 0.29) is 23.7 Å². The molecule has 0 bridgehead atoms. The predicted molar refractivity (Wildman–Crippen MR) is 105 cm³/mol. The number of hydrogen-bond acceptors (Lipinski definition) is 5. The zero-order chi connectivity index (χ0) is 19.5. The van der Waals surface area contributed by atoms with E-state index in [4.69, 9.17) is 0 Å². The molecule has 1 aromatic carbocycles. The van der Waals surface area contributed by atoms with Gasteiger partial charge in [0.25, 0.3) is 11.5 Å². The van der Waals surface area contributed by atoms with Crippen LogP contribution < -0.4 is 10.9 Å². The average molecular weight is 380 g/mol. The van der Waals surface area contributed by atoms with E-state index in [0.29, 0.717) is 17.3 Å². The monoisotopic (exact) mass is 380 g/mol. The van der Waals surface area contributed by atoms with Gasteiger partial charge in [0.15, 0.2) is 11.5 Å². The van der Waals surface area contributed by atoms with Crippen LogP contribution in [-0.2, 0) is 26.1 Å². The molecule has 0 radical (unpaired) electrons. The largest absolute Gasteiger partial charge is 0.343 e. The van der Waals surface area contributed by atoms with Crippen molar-refractivity contribution in [2.75, 3.05) is 0 Å². The van der Waals surface area contributed by atoms with Crippen LogP contribution in [0.1, 0.15) is 54.7 Å². The summed E-state index contributed by atoms with van der Waals surface area (Å²) in [5.74, 6) is 1.44. The van der Waals surface area contributed by atoms with Gasteiger partial charge in [0.05, 0.1) is 11.9 Å². The lowest BCUT2D eigenvalue weighted by molar-refractivity contribution is 0.0944. The molecule has 1 aliphatic heterocycles. The Labute approximate surface area is 162 Å². The van der Waals surface area contributed by atoms with Crippen LogP contribution in [0.4, 0.5) is 0 Å². The fourth-order valence-corrected chi connectivity index (χ4v) is 3.69. The Balaban J connectivity index is 1.62. The number of aromatic nitrogens is 5. The number of aryl methyl sites for hydroxylation is 2. The summed E-state index contributed by atoms with van der Waals surface area (Å²) in [7, 11) is 0. The van der Waals surface area contributed by atoms with E-state index in [1.165, 1.54) is 11.1 Å². The lowest BCUT2D eigenvalue weighted by Gasteiger charge is -2.11. The second-order valence-electron chi connectivity index (χ2n) is 7.10. The number of benzene rings is 1. The highest BCUT2D eigenvalue weighted by Crippen LogP contribution is 2.16. The number of fused-ring (bicyclic) bond motifs is 2. The molecule has 8 heteroatoms. The molecule has 0 atom stereocenters. The van der Waals surface area contributed by atoms with Crippen molar-refractivity contribution in [2.45, 2.75) is 58.7 Å². The first-order valence-electron chi connectivity index (χ1n) is 9.88. The van der Waals surface area contributed by atoms with Crippen LogP contribution in [0, 0.1) is 0 Å². The molecule has 8 nitrogen and oxygen atoms in total. The van der Waals surface area contributed by atoms with Crippen molar-refractivity contribution in [3.63, 3.8) is 0 Å². The minimum absolute atomic E-state index is 0.170. The van der Waals surface area contributed by atoms with Gasteiger partial charge in [-0.2, -0.15) is 5.10 Å². The van der Waals surface area contributed by atoms with Crippen molar-refractivity contribution >= 4 is 16.7 Å². The lowest BCUT2D eigenvalue weighted by atomic mass is 10.1. The fourth-order valence-electron chi connectivity index (χ4n) is 3.69. The van der Waals surface area contributed by atoms with E-state index < -0.39 is 0 Å². The summed E-state index contributed by atoms with van der Waals surface area (Å²) in [5.41, 5.74) is 0.0935. The molecule has 0 spiro atoms. The van der Waals surface area contributed by atoms with Crippen LogP contribution in [0.25, 0.3) is 10.8 Å². The van der Waals surface area contributed by atoms with Gasteiger partial charge in [0.1, 0.15) is 5.82 Å². The zero-order valence-corrected chi connectivity index (χ0v) is 16.0. The van der Waals surface area contributed by atoms with Crippen molar-refractivity contribution in [1.82, 2.24) is 29.9 Å². The second kappa shape index (κ2) is 7.92. The highest BCUT2D eigenvalue weighted by Gasteiger charge is 2.19. The molecule has 1 N–H and O–H groups in total. The molecule has 0 aliphatic carbocycles. The van der Waals surface area contributed by atoms with Gasteiger partial charge < -0.3 is 9.88 Å². The van der Waals surface area contributed by atoms with E-state index in [1.807, 2.05) is 13.0 Å². The molecular weight excluding hydrogens is 356 g/mol. The van der Waals surface area contributed by atoms with E-state index >= 15 is 0 Å². The molecule has 0 fully saturated rings. The summed E-state index contributed by atoms with van der Waals surface area (Å²) in [6.07, 6.45) is 5.09. The normalized spacial score (nSPS) is 13.9. The van der Waals surface area contributed by atoms with Crippen molar-refractivity contribution in [2.24, 2.45) is 0 Å². The van der Waals surface area contributed by atoms with Gasteiger partial charge in [-0.1, -0.05) is 31.5 Å². The number of carbonyl (C=O) groups excluding carboxylic acids is 1. The SMILES string of the molecule is CCCn1nc(C(=O)NCc2nnc3n2CCCCC3)c2ccccc2c1=O. The summed E-state index contributed by atoms with van der Waals surface area (Å²) in [6, 6.07) is 7.11. The van der Waals surface area contributed by atoms with Gasteiger partial charge >= 0.3 is 0 Å². The summed E-state index contributed by atoms with van der Waals surface area (Å²) in [6.45, 7) is 3.62. The maximum Gasteiger partial charge on any atom is 0.274 e. The highest BCUT2D eigenvalue weighted by atomic mass is 16.2. The summed E-state index contributed by atoms with van der Waals surface area (Å²) in [4.78, 5) is 25.5. The topological polar surface area (TPSA) is 94.7 Å². The maximum atomic E-state index is 12.9. The first-order valence-corrected chi connectivity index (χ1v) is 9.88. The Morgan fingerprint density at radius 2 is 1.96 bits per heavy atom. The van der Waals surface area contributed by atoms with E-state index in [0.717, 1.165) is 43.9 Å². The van der Waals surface area contributed by atoms with Crippen molar-refractivity contribution < 1.29 is 4.79 Å². The third-order valence-electron chi connectivity index (χ3n) is 5.11. The van der Waals surface area contributed by atoms with E-state index in [9.17, 15) is 9.59 Å². The Bertz CT molecular complexity index is 1070. The van der Waals surface area contributed by atoms with Gasteiger partial charge in [-0.05, 0) is 25.3 Å². The zero-order valence-electron chi connectivity index (χ0n) is 16.0. The molecular formula is C20H24N6O2. The summed E-state index contributed by atoms with van der Waals surface area (Å²) in [5, 5.41) is 16.8. The van der Waals surface area contributed by atoms with Gasteiger partial charge in [0.2, 0.25) is 0 Å². The third-order valence-corrected chi connectivity index (χ3v) is 5.11. The first kappa shape index (κ1) is 18.3. The highest BCUT2D eigenvalue weighted by molar-refractivity contribution is 6.04. The Morgan fingerprint density at radius 1 is 1.14 bits per heavy atom. The number of amides is 1. The minimum atomic E-state index is -0.313. The molecule has 0 saturated carbocycles. The van der Waals surface area contributed by atoms with Crippen molar-refractivity contribution in [1.29, 1.82) is 0 Å². The van der Waals surface area contributed by atoms with Gasteiger partial charge in [0, 0.05) is 24.9 Å². The number of nitrogens with zero attached hydrogens (tertiary/aromatic N) is 5. The lowest BCUT2D eigenvalue weighted by Crippen LogP contribution is -2.31. The Hall–Kier alpha value is -3.03. The van der Waals surface area contributed by atoms with Crippen LogP contribution in [-0.4, -0.2) is 30.5 Å². The van der Waals surface area contributed by atoms with Crippen molar-refractivity contribution in [3.8, 4) is 0 Å². The van der Waals surface area contributed by atoms with Crippen molar-refractivity contribution in [3.05, 3.63) is 52.0 Å². The fraction of sp³-hybridized carbons (Fsp3) is 0.450. The van der Waals surface area contributed by atoms with Gasteiger partial charge in [-0.15, -0.1) is 10.2 Å². The smallest absolute Gasteiger partial charge is 0.274 e. The van der Waals surface area contributed by atoms with Crippen LogP contribution in [0.15, 0.2) is 29.1 Å². The van der Waals surface area contributed by atoms with Crippen LogP contribution in [0.2, 0.25) is 0 Å². The molecule has 2 aromatic heterocycles. The van der Waals surface area contributed by atoms with E-state index in [2.05, 4.69) is 25.2 Å². The van der Waals surface area contributed by atoms with Crippen LogP contribution in [0.3, 0.4) is 0 Å². The molecule has 0 saturated heterocycles. The predicted octanol–water partition coefficient (Wildman–Crippen LogP) is 2.05. The quantitative estimate of drug-likeness (QED) is 0.731. The van der Waals surface area contributed by atoms with Crippen LogP contribution >= 0.6 is 0 Å². The number of carbonyl (C=O) groups is 1. The van der Waals surface area contributed by atoms with E-state index in [1.54, 1.807) is 18.2 Å². The molecule has 1 amide bonds. The molecule has 4 rings (SSSR count). The standard InChI is InChI=1S/C20H24N6O2/c1-2-11-26-20(28)15-9-6-5-8-14(15)18(24-26)19(27)21-13-17-23-22-16-10-4-3-7-12-25(16)17/h5-6,8-9H,2-4,7,10-13H2,1H3,(H,21,27). The first-order chi connectivity index (χ1) is 13.7. The average Bonchev–Trinajstić information content (AvgIpc) is 2.94. The Morgan fingerprint density at radius 3 is 2.79 bits per heavy atom. The van der Waals surface area contributed by atoms with Crippen LogP contribution in [0.5, 0.6) is 0 Å². The number of hydrogen-bond donors (Lipinski definition) is 1. The molecule has 1 aliphatic rings. The third kappa shape index (κ3) is 3.42. The number of rotatable bonds is 5. The summed E-state index contributed by atoms with van der Waals surface area (Å²) >= 11 is 0. The molecule has 3 heterocycles.